The highest BCUT2D eigenvalue weighted by Crippen LogP contribution is 2.32. The molecule has 2 aromatic heterocycles. The predicted octanol–water partition coefficient (Wildman–Crippen LogP) is 4.33. The van der Waals surface area contributed by atoms with Gasteiger partial charge in [-0.15, -0.1) is 5.10 Å². The number of anilines is 1. The molecule has 0 fully saturated rings. The van der Waals surface area contributed by atoms with Crippen molar-refractivity contribution in [3.8, 4) is 11.5 Å². The molecule has 0 unspecified atom stereocenters. The highest BCUT2D eigenvalue weighted by Gasteiger charge is 2.19. The van der Waals surface area contributed by atoms with Crippen molar-refractivity contribution < 1.29 is 14.3 Å². The van der Waals surface area contributed by atoms with Gasteiger partial charge in [-0.3, -0.25) is 4.79 Å². The number of nitrogens with zero attached hydrogens (tertiary/aromatic N) is 5. The van der Waals surface area contributed by atoms with Crippen molar-refractivity contribution in [2.75, 3.05) is 26.2 Å². The molecule has 1 amide bonds. The summed E-state index contributed by atoms with van der Waals surface area (Å²) in [4.78, 5) is 23.9. The number of thioether (sulfide) groups is 1. The van der Waals surface area contributed by atoms with Crippen LogP contribution < -0.4 is 14.4 Å². The maximum absolute atomic E-state index is 13.4. The first-order valence-electron chi connectivity index (χ1n) is 10.3. The predicted molar refractivity (Wildman–Crippen MR) is 129 cm³/mol. The van der Waals surface area contributed by atoms with E-state index in [2.05, 4.69) is 15.1 Å². The van der Waals surface area contributed by atoms with Gasteiger partial charge >= 0.3 is 0 Å². The van der Waals surface area contributed by atoms with Crippen LogP contribution >= 0.6 is 11.8 Å². The molecule has 0 bridgehead atoms. The Bertz CT molecular complexity index is 1320. The Balaban J connectivity index is 1.56. The minimum atomic E-state index is -0.116. The first-order chi connectivity index (χ1) is 15.9. The molecular formula is C24H25N5O3S. The van der Waals surface area contributed by atoms with Gasteiger partial charge in [0.05, 0.1) is 14.2 Å². The summed E-state index contributed by atoms with van der Waals surface area (Å²) in [5, 5.41) is 5.16. The smallest absolute Gasteiger partial charge is 0.258 e. The van der Waals surface area contributed by atoms with Crippen molar-refractivity contribution in [2.45, 2.75) is 24.8 Å². The summed E-state index contributed by atoms with van der Waals surface area (Å²) in [6, 6.07) is 14.9. The Labute approximate surface area is 196 Å². The number of amides is 1. The minimum Gasteiger partial charge on any atom is -0.493 e. The van der Waals surface area contributed by atoms with Crippen LogP contribution in [0, 0.1) is 13.8 Å². The summed E-state index contributed by atoms with van der Waals surface area (Å²) in [6.07, 6.45) is 0. The lowest BCUT2D eigenvalue weighted by Crippen LogP contribution is -2.27. The molecule has 0 N–H and O–H groups in total. The Morgan fingerprint density at radius 1 is 1.03 bits per heavy atom. The Kier molecular flexibility index (Phi) is 6.50. The Hall–Kier alpha value is -3.59. The van der Waals surface area contributed by atoms with Crippen LogP contribution in [0.25, 0.3) is 5.78 Å². The number of fused-ring (bicyclic) bond motifs is 1. The van der Waals surface area contributed by atoms with E-state index in [9.17, 15) is 4.79 Å². The van der Waals surface area contributed by atoms with E-state index in [0.29, 0.717) is 39.4 Å². The van der Waals surface area contributed by atoms with E-state index in [1.54, 1.807) is 42.8 Å². The maximum Gasteiger partial charge on any atom is 0.258 e. The van der Waals surface area contributed by atoms with Crippen LogP contribution in [0.5, 0.6) is 11.5 Å². The second-order valence-electron chi connectivity index (χ2n) is 7.49. The summed E-state index contributed by atoms with van der Waals surface area (Å²) in [5.41, 5.74) is 4.11. The second-order valence-corrected chi connectivity index (χ2v) is 8.44. The number of carbonyl (C=O) groups is 1. The molecule has 0 aliphatic carbocycles. The highest BCUT2D eigenvalue weighted by atomic mass is 32.2. The fourth-order valence-corrected chi connectivity index (χ4v) is 4.36. The summed E-state index contributed by atoms with van der Waals surface area (Å²) >= 11 is 1.47. The van der Waals surface area contributed by atoms with Crippen molar-refractivity contribution >= 4 is 29.1 Å². The van der Waals surface area contributed by atoms with Crippen molar-refractivity contribution in [3.05, 3.63) is 71.0 Å². The molecule has 0 aliphatic rings. The molecule has 0 radical (unpaired) electrons. The number of benzene rings is 2. The topological polar surface area (TPSA) is 81.9 Å². The average Bonchev–Trinajstić information content (AvgIpc) is 3.24. The van der Waals surface area contributed by atoms with Gasteiger partial charge in [0.2, 0.25) is 5.16 Å². The van der Waals surface area contributed by atoms with Crippen molar-refractivity contribution in [2.24, 2.45) is 0 Å². The third-order valence-corrected chi connectivity index (χ3v) is 6.15. The molecule has 2 heterocycles. The van der Waals surface area contributed by atoms with Crippen molar-refractivity contribution in [3.63, 3.8) is 0 Å². The molecule has 0 saturated carbocycles. The van der Waals surface area contributed by atoms with Crippen LogP contribution in [0.1, 0.15) is 27.3 Å². The Morgan fingerprint density at radius 3 is 2.55 bits per heavy atom. The van der Waals surface area contributed by atoms with Gasteiger partial charge in [0.25, 0.3) is 11.7 Å². The molecule has 2 aromatic carbocycles. The van der Waals surface area contributed by atoms with Crippen LogP contribution in [-0.2, 0) is 5.75 Å². The standard InChI is InChI=1S/C24H25N5O3S/c1-15-12-16(2)29-23(25-15)26-24(27-29)33-14-17-8-6-7-9-19(17)22(30)28(3)18-10-11-20(31-4)21(13-18)32-5/h6-13H,14H2,1-5H3. The first kappa shape index (κ1) is 22.6. The second kappa shape index (κ2) is 9.50. The average molecular weight is 464 g/mol. The van der Waals surface area contributed by atoms with Crippen molar-refractivity contribution in [1.29, 1.82) is 0 Å². The molecule has 9 heteroatoms. The van der Waals surface area contributed by atoms with E-state index in [-0.39, 0.29) is 5.91 Å². The molecule has 4 aromatic rings. The summed E-state index contributed by atoms with van der Waals surface area (Å²) in [7, 11) is 4.90. The van der Waals surface area contributed by atoms with Gasteiger partial charge in [0, 0.05) is 41.5 Å². The third-order valence-electron chi connectivity index (χ3n) is 5.26. The molecule has 170 valence electrons. The van der Waals surface area contributed by atoms with Crippen LogP contribution in [0.3, 0.4) is 0 Å². The summed E-state index contributed by atoms with van der Waals surface area (Å²) in [6.45, 7) is 3.91. The maximum atomic E-state index is 13.4. The van der Waals surface area contributed by atoms with Crippen LogP contribution in [-0.4, -0.2) is 46.8 Å². The zero-order valence-electron chi connectivity index (χ0n) is 19.2. The molecule has 0 atom stereocenters. The number of methoxy groups -OCH3 is 2. The molecule has 0 saturated heterocycles. The minimum absolute atomic E-state index is 0.116. The van der Waals surface area contributed by atoms with Crippen LogP contribution in [0.15, 0.2) is 53.7 Å². The lowest BCUT2D eigenvalue weighted by Gasteiger charge is -2.20. The number of carbonyl (C=O) groups excluding carboxylic acids is 1. The van der Waals surface area contributed by atoms with Crippen LogP contribution in [0.4, 0.5) is 5.69 Å². The lowest BCUT2D eigenvalue weighted by molar-refractivity contribution is 0.0992. The number of aromatic nitrogens is 4. The summed E-state index contributed by atoms with van der Waals surface area (Å²) in [5.74, 6) is 2.19. The van der Waals surface area contributed by atoms with Gasteiger partial charge in [-0.25, -0.2) is 9.50 Å². The zero-order chi connectivity index (χ0) is 23.5. The molecule has 8 nitrogen and oxygen atoms in total. The lowest BCUT2D eigenvalue weighted by atomic mass is 10.1. The van der Waals surface area contributed by atoms with Gasteiger partial charge in [-0.05, 0) is 43.7 Å². The zero-order valence-corrected chi connectivity index (χ0v) is 20.0. The van der Waals surface area contributed by atoms with Gasteiger partial charge in [0.1, 0.15) is 0 Å². The first-order valence-corrected chi connectivity index (χ1v) is 11.3. The van der Waals surface area contributed by atoms with E-state index >= 15 is 0 Å². The Morgan fingerprint density at radius 2 is 1.79 bits per heavy atom. The van der Waals surface area contributed by atoms with Gasteiger partial charge in [-0.2, -0.15) is 4.98 Å². The number of hydrogen-bond donors (Lipinski definition) is 0. The van der Waals surface area contributed by atoms with Crippen molar-refractivity contribution in [1.82, 2.24) is 19.6 Å². The van der Waals surface area contributed by atoms with Gasteiger partial charge in [-0.1, -0.05) is 30.0 Å². The van der Waals surface area contributed by atoms with Gasteiger partial charge < -0.3 is 14.4 Å². The SMILES string of the molecule is COc1ccc(N(C)C(=O)c2ccccc2CSc2nc3nc(C)cc(C)n3n2)cc1OC. The monoisotopic (exact) mass is 463 g/mol. The van der Waals surface area contributed by atoms with E-state index in [1.165, 1.54) is 11.8 Å². The number of aryl methyl sites for hydroxylation is 2. The third kappa shape index (κ3) is 4.63. The molecule has 33 heavy (non-hydrogen) atoms. The number of rotatable bonds is 7. The molecular weight excluding hydrogens is 438 g/mol. The molecule has 0 spiro atoms. The normalized spacial score (nSPS) is 10.9. The quantitative estimate of drug-likeness (QED) is 0.377. The van der Waals surface area contributed by atoms with E-state index < -0.39 is 0 Å². The fraction of sp³-hybridized carbons (Fsp3) is 0.250. The number of ether oxygens (including phenoxy) is 2. The van der Waals surface area contributed by atoms with E-state index in [4.69, 9.17) is 9.47 Å². The molecule has 4 rings (SSSR count). The number of hydrogen-bond acceptors (Lipinski definition) is 7. The fourth-order valence-electron chi connectivity index (χ4n) is 3.54. The largest absolute Gasteiger partial charge is 0.493 e. The highest BCUT2D eigenvalue weighted by molar-refractivity contribution is 7.98. The van der Waals surface area contributed by atoms with Crippen LogP contribution in [0.2, 0.25) is 0 Å². The molecule has 0 aliphatic heterocycles. The van der Waals surface area contributed by atoms with E-state index in [1.807, 2.05) is 50.2 Å². The van der Waals surface area contributed by atoms with E-state index in [0.717, 1.165) is 17.0 Å². The summed E-state index contributed by atoms with van der Waals surface area (Å²) < 4.78 is 12.4. The van der Waals surface area contributed by atoms with Gasteiger partial charge in [0.15, 0.2) is 11.5 Å².